The maximum Gasteiger partial charge on any atom is 0.308 e. The molecule has 1 fully saturated rings. The molecule has 5 nitrogen and oxygen atoms in total. The second-order valence-corrected chi connectivity index (χ2v) is 5.43. The van der Waals surface area contributed by atoms with Crippen LogP contribution in [0.2, 0.25) is 0 Å². The molecule has 1 aromatic carbocycles. The minimum Gasteiger partial charge on any atom is -0.481 e. The molecule has 1 amide bonds. The van der Waals surface area contributed by atoms with Crippen LogP contribution in [0.5, 0.6) is 0 Å². The number of amides is 1. The number of carbonyl (C=O) groups excluding carboxylic acids is 1. The summed E-state index contributed by atoms with van der Waals surface area (Å²) in [4.78, 5) is 26.5. The summed E-state index contributed by atoms with van der Waals surface area (Å²) in [6.07, 6.45) is 3.80. The lowest BCUT2D eigenvalue weighted by Gasteiger charge is -2.13. The number of anilines is 1. The quantitative estimate of drug-likeness (QED) is 0.857. The van der Waals surface area contributed by atoms with Crippen LogP contribution >= 0.6 is 0 Å². The number of carboxylic acids is 1. The Hall–Kier alpha value is -2.30. The van der Waals surface area contributed by atoms with E-state index in [1.54, 1.807) is 11.0 Å². The van der Waals surface area contributed by atoms with Gasteiger partial charge in [-0.05, 0) is 30.2 Å². The largest absolute Gasteiger partial charge is 0.481 e. The summed E-state index contributed by atoms with van der Waals surface area (Å²) in [5.74, 6) is -1.38. The number of likely N-dealkylation sites (tertiary alicyclic amines) is 1. The number of benzene rings is 1. The third-order valence-corrected chi connectivity index (χ3v) is 3.68. The Kier molecular flexibility index (Phi) is 4.62. The van der Waals surface area contributed by atoms with Crippen molar-refractivity contribution in [3.05, 3.63) is 35.9 Å². The van der Waals surface area contributed by atoms with Crippen molar-refractivity contribution < 1.29 is 14.7 Å². The van der Waals surface area contributed by atoms with E-state index in [1.165, 1.54) is 6.08 Å². The molecular weight excluding hydrogens is 268 g/mol. The van der Waals surface area contributed by atoms with Crippen LogP contribution in [0, 0.1) is 5.92 Å². The van der Waals surface area contributed by atoms with Crippen LogP contribution in [0.25, 0.3) is 6.08 Å². The molecule has 0 spiro atoms. The number of rotatable bonds is 4. The molecule has 1 N–H and O–H groups in total. The number of carboxylic acid groups (broad SMARTS) is 1. The molecule has 1 saturated heterocycles. The third-order valence-electron chi connectivity index (χ3n) is 3.68. The van der Waals surface area contributed by atoms with Crippen LogP contribution < -0.4 is 4.90 Å². The number of hydrogen-bond donors (Lipinski definition) is 1. The van der Waals surface area contributed by atoms with Crippen molar-refractivity contribution in [3.63, 3.8) is 0 Å². The molecule has 5 heteroatoms. The Morgan fingerprint density at radius 1 is 1.29 bits per heavy atom. The minimum atomic E-state index is -0.825. The molecule has 0 radical (unpaired) electrons. The van der Waals surface area contributed by atoms with Crippen molar-refractivity contribution in [1.29, 1.82) is 0 Å². The Labute approximate surface area is 124 Å². The molecule has 2 rings (SSSR count). The van der Waals surface area contributed by atoms with E-state index in [2.05, 4.69) is 0 Å². The normalized spacial score (nSPS) is 18.2. The summed E-state index contributed by atoms with van der Waals surface area (Å²) < 4.78 is 0. The molecule has 0 bridgehead atoms. The van der Waals surface area contributed by atoms with Gasteiger partial charge in [0.1, 0.15) is 0 Å². The zero-order valence-electron chi connectivity index (χ0n) is 12.3. The van der Waals surface area contributed by atoms with Crippen molar-refractivity contribution in [2.24, 2.45) is 5.92 Å². The highest BCUT2D eigenvalue weighted by Gasteiger charge is 2.29. The standard InChI is InChI=1S/C16H20N2O3/c1-17(2)14-6-3-12(4-7-14)5-8-15(19)18-10-9-13(11-18)16(20)21/h3-8,13H,9-11H2,1-2H3,(H,20,21). The molecule has 1 aliphatic rings. The fourth-order valence-corrected chi connectivity index (χ4v) is 2.32. The van der Waals surface area contributed by atoms with E-state index in [-0.39, 0.29) is 5.91 Å². The number of nitrogens with zero attached hydrogens (tertiary/aromatic N) is 2. The highest BCUT2D eigenvalue weighted by molar-refractivity contribution is 5.92. The molecule has 21 heavy (non-hydrogen) atoms. The van der Waals surface area contributed by atoms with Gasteiger partial charge >= 0.3 is 5.97 Å². The van der Waals surface area contributed by atoms with Gasteiger partial charge in [-0.1, -0.05) is 12.1 Å². The zero-order valence-corrected chi connectivity index (χ0v) is 12.3. The van der Waals surface area contributed by atoms with Gasteiger partial charge in [0.2, 0.25) is 5.91 Å². The first kappa shape index (κ1) is 15.1. The lowest BCUT2D eigenvalue weighted by atomic mass is 10.1. The van der Waals surface area contributed by atoms with Gasteiger partial charge in [0, 0.05) is 38.9 Å². The summed E-state index contributed by atoms with van der Waals surface area (Å²) in [5.41, 5.74) is 2.05. The molecule has 1 atom stereocenters. The van der Waals surface area contributed by atoms with Crippen LogP contribution in [0.3, 0.4) is 0 Å². The van der Waals surface area contributed by atoms with E-state index < -0.39 is 11.9 Å². The molecule has 1 heterocycles. The summed E-state index contributed by atoms with van der Waals surface area (Å²) in [6, 6.07) is 7.87. The first-order valence-electron chi connectivity index (χ1n) is 6.94. The summed E-state index contributed by atoms with van der Waals surface area (Å²) in [5, 5.41) is 8.93. The number of carbonyl (C=O) groups is 2. The van der Waals surface area contributed by atoms with E-state index in [1.807, 2.05) is 43.3 Å². The van der Waals surface area contributed by atoms with Gasteiger partial charge in [-0.3, -0.25) is 9.59 Å². The van der Waals surface area contributed by atoms with Gasteiger partial charge in [0.15, 0.2) is 0 Å². The smallest absolute Gasteiger partial charge is 0.308 e. The molecule has 1 aromatic rings. The summed E-state index contributed by atoms with van der Waals surface area (Å²) in [7, 11) is 3.95. The summed E-state index contributed by atoms with van der Waals surface area (Å²) >= 11 is 0. The average molecular weight is 288 g/mol. The lowest BCUT2D eigenvalue weighted by molar-refractivity contribution is -0.141. The average Bonchev–Trinajstić information content (AvgIpc) is 2.95. The molecule has 1 unspecified atom stereocenters. The van der Waals surface area contributed by atoms with Crippen molar-refractivity contribution in [2.75, 3.05) is 32.1 Å². The molecule has 0 aromatic heterocycles. The topological polar surface area (TPSA) is 60.9 Å². The van der Waals surface area contributed by atoms with Crippen LogP contribution in [-0.2, 0) is 9.59 Å². The van der Waals surface area contributed by atoms with E-state index in [0.717, 1.165) is 11.3 Å². The van der Waals surface area contributed by atoms with Crippen LogP contribution in [0.1, 0.15) is 12.0 Å². The Morgan fingerprint density at radius 3 is 2.48 bits per heavy atom. The minimum absolute atomic E-state index is 0.129. The van der Waals surface area contributed by atoms with E-state index in [9.17, 15) is 9.59 Å². The van der Waals surface area contributed by atoms with Gasteiger partial charge in [0.05, 0.1) is 5.92 Å². The van der Waals surface area contributed by atoms with Crippen molar-refractivity contribution in [2.45, 2.75) is 6.42 Å². The SMILES string of the molecule is CN(C)c1ccc(C=CC(=O)N2CCC(C(=O)O)C2)cc1. The van der Waals surface area contributed by atoms with E-state index >= 15 is 0 Å². The third kappa shape index (κ3) is 3.84. The van der Waals surface area contributed by atoms with Crippen molar-refractivity contribution in [3.8, 4) is 0 Å². The van der Waals surface area contributed by atoms with Gasteiger partial charge in [-0.15, -0.1) is 0 Å². The first-order chi connectivity index (χ1) is 9.97. The van der Waals surface area contributed by atoms with Crippen LogP contribution in [0.4, 0.5) is 5.69 Å². The Balaban J connectivity index is 1.95. The Morgan fingerprint density at radius 2 is 1.95 bits per heavy atom. The molecule has 0 aliphatic carbocycles. The maximum absolute atomic E-state index is 12.0. The molecule has 1 aliphatic heterocycles. The lowest BCUT2D eigenvalue weighted by Crippen LogP contribution is -2.28. The van der Waals surface area contributed by atoms with Gasteiger partial charge < -0.3 is 14.9 Å². The van der Waals surface area contributed by atoms with Gasteiger partial charge in [-0.2, -0.15) is 0 Å². The zero-order chi connectivity index (χ0) is 15.4. The highest BCUT2D eigenvalue weighted by atomic mass is 16.4. The summed E-state index contributed by atoms with van der Waals surface area (Å²) in [6.45, 7) is 0.817. The van der Waals surface area contributed by atoms with Crippen molar-refractivity contribution in [1.82, 2.24) is 4.90 Å². The van der Waals surface area contributed by atoms with Crippen LogP contribution in [0.15, 0.2) is 30.3 Å². The molecule has 0 saturated carbocycles. The van der Waals surface area contributed by atoms with E-state index in [4.69, 9.17) is 5.11 Å². The van der Waals surface area contributed by atoms with Crippen LogP contribution in [-0.4, -0.2) is 49.1 Å². The number of hydrogen-bond acceptors (Lipinski definition) is 3. The second kappa shape index (κ2) is 6.43. The predicted molar refractivity (Wildman–Crippen MR) is 82.1 cm³/mol. The number of aliphatic carboxylic acids is 1. The van der Waals surface area contributed by atoms with Gasteiger partial charge in [-0.25, -0.2) is 0 Å². The fraction of sp³-hybridized carbons (Fsp3) is 0.375. The van der Waals surface area contributed by atoms with Gasteiger partial charge in [0.25, 0.3) is 0 Å². The molecular formula is C16H20N2O3. The van der Waals surface area contributed by atoms with Crippen molar-refractivity contribution >= 4 is 23.6 Å². The van der Waals surface area contributed by atoms with E-state index in [0.29, 0.717) is 19.5 Å². The second-order valence-electron chi connectivity index (χ2n) is 5.43. The Bertz CT molecular complexity index is 549. The fourth-order valence-electron chi connectivity index (χ4n) is 2.32. The highest BCUT2D eigenvalue weighted by Crippen LogP contribution is 2.17. The monoisotopic (exact) mass is 288 g/mol. The maximum atomic E-state index is 12.0. The molecule has 112 valence electrons. The first-order valence-corrected chi connectivity index (χ1v) is 6.94. The predicted octanol–water partition coefficient (Wildman–Crippen LogP) is 1.70.